The quantitative estimate of drug-likeness (QED) is 0.184. The zero-order valence-electron chi connectivity index (χ0n) is 19.5. The van der Waals surface area contributed by atoms with E-state index in [1.807, 2.05) is 4.72 Å². The number of hydrogen-bond donors (Lipinski definition) is 4. The summed E-state index contributed by atoms with van der Waals surface area (Å²) in [5.41, 5.74) is -2.45. The predicted molar refractivity (Wildman–Crippen MR) is 127 cm³/mol. The third kappa shape index (κ3) is 5.10. The third-order valence-electron chi connectivity index (χ3n) is 5.35. The van der Waals surface area contributed by atoms with Crippen molar-refractivity contribution < 1.29 is 40.6 Å². The van der Waals surface area contributed by atoms with E-state index in [0.29, 0.717) is 30.8 Å². The molecule has 0 aliphatic heterocycles. The van der Waals surface area contributed by atoms with Crippen LogP contribution in [0.2, 0.25) is 0 Å². The molecule has 4 aromatic rings. The van der Waals surface area contributed by atoms with E-state index in [-0.39, 0.29) is 29.7 Å². The van der Waals surface area contributed by atoms with E-state index in [0.717, 1.165) is 13.2 Å². The van der Waals surface area contributed by atoms with Crippen molar-refractivity contribution in [3.05, 3.63) is 65.5 Å². The van der Waals surface area contributed by atoms with Crippen LogP contribution in [0.3, 0.4) is 0 Å². The number of aliphatic hydroxyl groups excluding tert-OH is 1. The van der Waals surface area contributed by atoms with E-state index in [4.69, 9.17) is 9.84 Å². The minimum absolute atomic E-state index is 0.0520. The molecule has 0 unspecified atom stereocenters. The lowest BCUT2D eigenvalue weighted by molar-refractivity contribution is 0.0947. The summed E-state index contributed by atoms with van der Waals surface area (Å²) < 4.78 is 91.2. The van der Waals surface area contributed by atoms with Gasteiger partial charge in [0, 0.05) is 41.8 Å². The van der Waals surface area contributed by atoms with Crippen molar-refractivity contribution in [2.75, 3.05) is 25.0 Å². The van der Waals surface area contributed by atoms with Crippen LogP contribution in [0, 0.1) is 23.3 Å². The molecule has 0 saturated carbocycles. The van der Waals surface area contributed by atoms with Crippen molar-refractivity contribution in [1.29, 1.82) is 0 Å². The summed E-state index contributed by atoms with van der Waals surface area (Å²) in [5, 5.41) is 17.5. The second-order valence-electron chi connectivity index (χ2n) is 7.84. The van der Waals surface area contributed by atoms with Crippen LogP contribution >= 0.6 is 0 Å². The van der Waals surface area contributed by atoms with Crippen LogP contribution in [0.25, 0.3) is 22.0 Å². The van der Waals surface area contributed by atoms with E-state index in [2.05, 4.69) is 20.5 Å². The number of sulfonamides is 1. The number of pyridine rings is 1. The maximum atomic E-state index is 15.4. The van der Waals surface area contributed by atoms with Gasteiger partial charge in [-0.05, 0) is 18.6 Å². The minimum atomic E-state index is -4.73. The molecule has 4 rings (SSSR count). The summed E-state index contributed by atoms with van der Waals surface area (Å²) in [7, 11) is -3.65. The Kier molecular flexibility index (Phi) is 7.50. The molecule has 38 heavy (non-hydrogen) atoms. The SMILES string of the molecule is COc1ncc(F)cc1S(=O)(=O)Nc1cc(F)cc(-c2ccc3c(C(=O)NCCCO)[nH]nc3c2F)c1F. The molecular formula is C23H19F4N5O5S. The number of hydrogen-bond acceptors (Lipinski definition) is 7. The van der Waals surface area contributed by atoms with Crippen LogP contribution in [0.15, 0.2) is 41.4 Å². The largest absolute Gasteiger partial charge is 0.480 e. The second kappa shape index (κ2) is 10.6. The fraction of sp³-hybridized carbons (Fsp3) is 0.174. The molecule has 1 amide bonds. The molecule has 10 nitrogen and oxygen atoms in total. The molecule has 2 aromatic carbocycles. The van der Waals surface area contributed by atoms with E-state index < -0.39 is 66.8 Å². The van der Waals surface area contributed by atoms with Gasteiger partial charge in [-0.25, -0.2) is 31.0 Å². The fourth-order valence-electron chi connectivity index (χ4n) is 3.61. The van der Waals surface area contributed by atoms with Gasteiger partial charge in [0.25, 0.3) is 15.9 Å². The Balaban J connectivity index is 1.74. The number of nitrogens with one attached hydrogen (secondary N) is 3. The number of ether oxygens (including phenoxy) is 1. The van der Waals surface area contributed by atoms with Gasteiger partial charge in [0.1, 0.15) is 22.8 Å². The Morgan fingerprint density at radius 1 is 1.08 bits per heavy atom. The highest BCUT2D eigenvalue weighted by molar-refractivity contribution is 7.92. The summed E-state index contributed by atoms with van der Waals surface area (Å²) in [4.78, 5) is 15.0. The molecule has 0 saturated heterocycles. The van der Waals surface area contributed by atoms with Gasteiger partial charge >= 0.3 is 0 Å². The molecule has 0 radical (unpaired) electrons. The molecule has 0 bridgehead atoms. The van der Waals surface area contributed by atoms with E-state index >= 15 is 8.78 Å². The molecule has 0 fully saturated rings. The standard InChI is InChI=1S/C23H19F4N5O5S/c1-37-23-17(9-12(25)10-29-23)38(35,36)32-16-8-11(24)7-15(18(16)26)13-3-4-14-20(19(13)27)30-31-21(14)22(34)28-5-2-6-33/h3-4,7-10,32-33H,2,5-6H2,1H3,(H,28,34)(H,30,31). The van der Waals surface area contributed by atoms with Crippen LogP contribution in [-0.4, -0.2) is 54.9 Å². The molecule has 0 aliphatic carbocycles. The highest BCUT2D eigenvalue weighted by Gasteiger charge is 2.26. The van der Waals surface area contributed by atoms with Crippen molar-refractivity contribution in [3.63, 3.8) is 0 Å². The number of fused-ring (bicyclic) bond motifs is 1. The van der Waals surface area contributed by atoms with Gasteiger partial charge in [0.2, 0.25) is 5.88 Å². The number of aromatic nitrogens is 3. The topological polar surface area (TPSA) is 146 Å². The van der Waals surface area contributed by atoms with Gasteiger partial charge < -0.3 is 15.2 Å². The van der Waals surface area contributed by atoms with Crippen molar-refractivity contribution >= 4 is 32.5 Å². The van der Waals surface area contributed by atoms with Gasteiger partial charge in [0.15, 0.2) is 16.5 Å². The molecule has 200 valence electrons. The summed E-state index contributed by atoms with van der Waals surface area (Å²) >= 11 is 0. The number of nitrogens with zero attached hydrogens (tertiary/aromatic N) is 2. The Labute approximate surface area is 212 Å². The predicted octanol–water partition coefficient (Wildman–Crippen LogP) is 3.10. The Hall–Kier alpha value is -4.24. The molecule has 2 heterocycles. The number of benzene rings is 2. The third-order valence-corrected chi connectivity index (χ3v) is 6.71. The van der Waals surface area contributed by atoms with Gasteiger partial charge in [-0.3, -0.25) is 14.6 Å². The molecule has 4 N–H and O–H groups in total. The Morgan fingerprint density at radius 3 is 2.55 bits per heavy atom. The maximum Gasteiger partial charge on any atom is 0.269 e. The zero-order valence-corrected chi connectivity index (χ0v) is 20.3. The lowest BCUT2D eigenvalue weighted by Crippen LogP contribution is -2.25. The van der Waals surface area contributed by atoms with Gasteiger partial charge in [-0.15, -0.1) is 0 Å². The number of halogens is 4. The zero-order chi connectivity index (χ0) is 27.6. The van der Waals surface area contributed by atoms with Crippen molar-refractivity contribution in [2.45, 2.75) is 11.3 Å². The Bertz CT molecular complexity index is 1650. The monoisotopic (exact) mass is 553 g/mol. The molecule has 0 spiro atoms. The first-order valence-electron chi connectivity index (χ1n) is 10.8. The number of aliphatic hydroxyl groups is 1. The van der Waals surface area contributed by atoms with Crippen LogP contribution in [-0.2, 0) is 10.0 Å². The number of carbonyl (C=O) groups excluding carboxylic acids is 1. The number of methoxy groups -OCH3 is 1. The summed E-state index contributed by atoms with van der Waals surface area (Å²) in [6.45, 7) is 0.00711. The van der Waals surface area contributed by atoms with Crippen molar-refractivity contribution in [2.24, 2.45) is 0 Å². The number of H-pyrrole nitrogens is 1. The molecule has 15 heteroatoms. The lowest BCUT2D eigenvalue weighted by Gasteiger charge is -2.14. The number of amides is 1. The van der Waals surface area contributed by atoms with Crippen LogP contribution in [0.1, 0.15) is 16.9 Å². The molecule has 2 aromatic heterocycles. The summed E-state index contributed by atoms with van der Waals surface area (Å²) in [6, 6.07) is 4.09. The summed E-state index contributed by atoms with van der Waals surface area (Å²) in [5.74, 6) is -5.71. The normalized spacial score (nSPS) is 11.5. The van der Waals surface area contributed by atoms with Gasteiger partial charge in [-0.2, -0.15) is 5.10 Å². The number of carbonyl (C=O) groups is 1. The first-order chi connectivity index (χ1) is 18.1. The van der Waals surface area contributed by atoms with E-state index in [1.165, 1.54) is 6.07 Å². The second-order valence-corrected chi connectivity index (χ2v) is 9.49. The molecule has 0 atom stereocenters. The summed E-state index contributed by atoms with van der Waals surface area (Å²) in [6.07, 6.45) is 1.00. The van der Waals surface area contributed by atoms with Gasteiger partial charge in [-0.1, -0.05) is 6.07 Å². The first-order valence-corrected chi connectivity index (χ1v) is 12.3. The van der Waals surface area contributed by atoms with Crippen LogP contribution < -0.4 is 14.8 Å². The average Bonchev–Trinajstić information content (AvgIpc) is 3.31. The highest BCUT2D eigenvalue weighted by atomic mass is 32.2. The number of aromatic amines is 1. The van der Waals surface area contributed by atoms with E-state index in [1.54, 1.807) is 0 Å². The minimum Gasteiger partial charge on any atom is -0.480 e. The number of rotatable bonds is 9. The molecular weight excluding hydrogens is 534 g/mol. The van der Waals surface area contributed by atoms with E-state index in [9.17, 15) is 22.0 Å². The first kappa shape index (κ1) is 26.8. The van der Waals surface area contributed by atoms with Crippen LogP contribution in [0.4, 0.5) is 23.2 Å². The lowest BCUT2D eigenvalue weighted by atomic mass is 10.0. The van der Waals surface area contributed by atoms with Crippen molar-refractivity contribution in [3.8, 4) is 17.0 Å². The highest BCUT2D eigenvalue weighted by Crippen LogP contribution is 2.35. The van der Waals surface area contributed by atoms with Crippen LogP contribution in [0.5, 0.6) is 5.88 Å². The fourth-order valence-corrected chi connectivity index (χ4v) is 4.79. The van der Waals surface area contributed by atoms with Crippen molar-refractivity contribution in [1.82, 2.24) is 20.5 Å². The molecule has 0 aliphatic rings. The smallest absolute Gasteiger partial charge is 0.269 e. The Morgan fingerprint density at radius 2 is 1.84 bits per heavy atom. The van der Waals surface area contributed by atoms with Gasteiger partial charge in [0.05, 0.1) is 19.0 Å². The number of anilines is 1. The average molecular weight is 553 g/mol. The maximum absolute atomic E-state index is 15.4.